The molecule has 1 fully saturated rings. The molecular weight excluding hydrogens is 284 g/mol. The Morgan fingerprint density at radius 1 is 1.29 bits per heavy atom. The van der Waals surface area contributed by atoms with Crippen LogP contribution < -0.4 is 10.6 Å². The number of hydrogen-bond donors (Lipinski definition) is 2. The van der Waals surface area contributed by atoms with Gasteiger partial charge in [0.15, 0.2) is 0 Å². The SMILES string of the molecule is O=C(CCS[C@H]1CCc2ccccc2NC1=O)NC1CC1. The first-order chi connectivity index (χ1) is 10.2. The van der Waals surface area contributed by atoms with Crippen molar-refractivity contribution >= 4 is 29.3 Å². The third-order valence-corrected chi connectivity index (χ3v) is 5.13. The minimum absolute atomic E-state index is 0.0625. The molecule has 2 aliphatic rings. The van der Waals surface area contributed by atoms with Gasteiger partial charge in [-0.25, -0.2) is 0 Å². The van der Waals surface area contributed by atoms with E-state index < -0.39 is 0 Å². The number of carbonyl (C=O) groups excluding carboxylic acids is 2. The molecule has 1 saturated carbocycles. The summed E-state index contributed by atoms with van der Waals surface area (Å²) in [6.07, 6.45) is 4.46. The average Bonchev–Trinajstić information content (AvgIpc) is 3.28. The minimum atomic E-state index is -0.0638. The second-order valence-corrected chi connectivity index (χ2v) is 6.95. The van der Waals surface area contributed by atoms with E-state index in [9.17, 15) is 9.59 Å². The fourth-order valence-electron chi connectivity index (χ4n) is 2.47. The van der Waals surface area contributed by atoms with Crippen LogP contribution in [-0.2, 0) is 16.0 Å². The van der Waals surface area contributed by atoms with E-state index in [0.29, 0.717) is 18.2 Å². The second-order valence-electron chi connectivity index (χ2n) is 5.64. The van der Waals surface area contributed by atoms with Crippen molar-refractivity contribution in [2.24, 2.45) is 0 Å². The number of carbonyl (C=O) groups is 2. The summed E-state index contributed by atoms with van der Waals surface area (Å²) in [7, 11) is 0. The molecule has 3 rings (SSSR count). The molecule has 0 radical (unpaired) electrons. The first-order valence-electron chi connectivity index (χ1n) is 7.52. The van der Waals surface area contributed by atoms with Crippen molar-refractivity contribution in [3.63, 3.8) is 0 Å². The van der Waals surface area contributed by atoms with Gasteiger partial charge in [0.25, 0.3) is 0 Å². The Morgan fingerprint density at radius 3 is 2.90 bits per heavy atom. The number of rotatable bonds is 5. The third kappa shape index (κ3) is 4.00. The maximum atomic E-state index is 12.2. The number of anilines is 1. The summed E-state index contributed by atoms with van der Waals surface area (Å²) >= 11 is 1.59. The molecule has 1 aromatic rings. The first-order valence-corrected chi connectivity index (χ1v) is 8.57. The van der Waals surface area contributed by atoms with E-state index in [1.165, 1.54) is 5.56 Å². The molecule has 0 spiro atoms. The van der Waals surface area contributed by atoms with Gasteiger partial charge in [-0.2, -0.15) is 0 Å². The second kappa shape index (κ2) is 6.52. The van der Waals surface area contributed by atoms with Crippen molar-refractivity contribution in [3.8, 4) is 0 Å². The Labute approximate surface area is 129 Å². The Bertz CT molecular complexity index is 543. The monoisotopic (exact) mass is 304 g/mol. The zero-order valence-electron chi connectivity index (χ0n) is 11.9. The normalized spacial score (nSPS) is 21.1. The predicted octanol–water partition coefficient (Wildman–Crippen LogP) is 2.34. The molecule has 1 atom stereocenters. The van der Waals surface area contributed by atoms with Crippen LogP contribution >= 0.6 is 11.8 Å². The van der Waals surface area contributed by atoms with Crippen LogP contribution in [0.4, 0.5) is 5.69 Å². The van der Waals surface area contributed by atoms with Crippen LogP contribution in [0.1, 0.15) is 31.2 Å². The average molecular weight is 304 g/mol. The van der Waals surface area contributed by atoms with Crippen LogP contribution in [0.5, 0.6) is 0 Å². The number of benzene rings is 1. The smallest absolute Gasteiger partial charge is 0.237 e. The summed E-state index contributed by atoms with van der Waals surface area (Å²) in [6.45, 7) is 0. The molecule has 1 heterocycles. The van der Waals surface area contributed by atoms with Crippen LogP contribution in [0.25, 0.3) is 0 Å². The van der Waals surface area contributed by atoms with Crippen LogP contribution in [0.15, 0.2) is 24.3 Å². The number of nitrogens with one attached hydrogen (secondary N) is 2. The standard InChI is InChI=1S/C16H20N2O2S/c19-15(17-12-6-7-12)9-10-21-14-8-5-11-3-1-2-4-13(11)18-16(14)20/h1-4,12,14H,5-10H2,(H,17,19)(H,18,20)/t14-/m0/s1. The number of fused-ring (bicyclic) bond motifs is 1. The molecule has 1 aromatic carbocycles. The van der Waals surface area contributed by atoms with Crippen LogP contribution in [0.2, 0.25) is 0 Å². The lowest BCUT2D eigenvalue weighted by atomic mass is 10.1. The Morgan fingerprint density at radius 2 is 2.10 bits per heavy atom. The molecule has 0 unspecified atom stereocenters. The van der Waals surface area contributed by atoms with E-state index in [0.717, 1.165) is 31.4 Å². The number of para-hydroxylation sites is 1. The molecule has 5 heteroatoms. The third-order valence-electron chi connectivity index (χ3n) is 3.83. The van der Waals surface area contributed by atoms with Crippen molar-refractivity contribution in [1.82, 2.24) is 5.32 Å². The number of hydrogen-bond acceptors (Lipinski definition) is 3. The van der Waals surface area contributed by atoms with E-state index in [4.69, 9.17) is 0 Å². The fourth-order valence-corrected chi connectivity index (χ4v) is 3.55. The molecule has 0 saturated heterocycles. The largest absolute Gasteiger partial charge is 0.353 e. The van der Waals surface area contributed by atoms with Crippen molar-refractivity contribution in [3.05, 3.63) is 29.8 Å². The van der Waals surface area contributed by atoms with Gasteiger partial charge in [0, 0.05) is 23.9 Å². The lowest BCUT2D eigenvalue weighted by Crippen LogP contribution is -2.27. The summed E-state index contributed by atoms with van der Waals surface area (Å²) in [5.41, 5.74) is 2.12. The van der Waals surface area contributed by atoms with E-state index in [1.807, 2.05) is 18.2 Å². The first kappa shape index (κ1) is 14.4. The van der Waals surface area contributed by atoms with Crippen molar-refractivity contribution in [1.29, 1.82) is 0 Å². The molecule has 4 nitrogen and oxygen atoms in total. The van der Waals surface area contributed by atoms with Gasteiger partial charge in [0.1, 0.15) is 0 Å². The molecule has 21 heavy (non-hydrogen) atoms. The minimum Gasteiger partial charge on any atom is -0.353 e. The highest BCUT2D eigenvalue weighted by Gasteiger charge is 2.25. The van der Waals surface area contributed by atoms with Gasteiger partial charge in [-0.15, -0.1) is 11.8 Å². The van der Waals surface area contributed by atoms with Crippen LogP contribution in [-0.4, -0.2) is 28.9 Å². The van der Waals surface area contributed by atoms with E-state index in [2.05, 4.69) is 16.7 Å². The molecular formula is C16H20N2O2S. The zero-order chi connectivity index (χ0) is 14.7. The highest BCUT2D eigenvalue weighted by atomic mass is 32.2. The van der Waals surface area contributed by atoms with Crippen molar-refractivity contribution in [2.45, 2.75) is 43.4 Å². The number of aryl methyl sites for hydroxylation is 1. The lowest BCUT2D eigenvalue weighted by Gasteiger charge is -2.12. The topological polar surface area (TPSA) is 58.2 Å². The summed E-state index contributed by atoms with van der Waals surface area (Å²) in [5, 5.41) is 5.91. The summed E-state index contributed by atoms with van der Waals surface area (Å²) in [6, 6.07) is 8.36. The number of amides is 2. The van der Waals surface area contributed by atoms with Gasteiger partial charge >= 0.3 is 0 Å². The van der Waals surface area contributed by atoms with E-state index >= 15 is 0 Å². The van der Waals surface area contributed by atoms with Crippen LogP contribution in [0.3, 0.4) is 0 Å². The Hall–Kier alpha value is -1.49. The summed E-state index contributed by atoms with van der Waals surface area (Å²) in [5.74, 6) is 0.877. The van der Waals surface area contributed by atoms with E-state index in [-0.39, 0.29) is 17.1 Å². The molecule has 112 valence electrons. The van der Waals surface area contributed by atoms with E-state index in [1.54, 1.807) is 11.8 Å². The summed E-state index contributed by atoms with van der Waals surface area (Å²) in [4.78, 5) is 23.8. The maximum Gasteiger partial charge on any atom is 0.237 e. The lowest BCUT2D eigenvalue weighted by molar-refractivity contribution is -0.121. The molecule has 1 aliphatic carbocycles. The highest BCUT2D eigenvalue weighted by molar-refractivity contribution is 8.00. The van der Waals surface area contributed by atoms with Crippen molar-refractivity contribution < 1.29 is 9.59 Å². The highest BCUT2D eigenvalue weighted by Crippen LogP contribution is 2.27. The molecule has 0 aromatic heterocycles. The predicted molar refractivity (Wildman–Crippen MR) is 85.4 cm³/mol. The molecule has 1 aliphatic heterocycles. The van der Waals surface area contributed by atoms with Gasteiger partial charge in [-0.3, -0.25) is 9.59 Å². The maximum absolute atomic E-state index is 12.2. The van der Waals surface area contributed by atoms with Gasteiger partial charge in [0.2, 0.25) is 11.8 Å². The van der Waals surface area contributed by atoms with Crippen LogP contribution in [0, 0.1) is 0 Å². The molecule has 0 bridgehead atoms. The zero-order valence-corrected chi connectivity index (χ0v) is 12.7. The molecule has 2 amide bonds. The Balaban J connectivity index is 1.48. The Kier molecular flexibility index (Phi) is 4.48. The van der Waals surface area contributed by atoms with Gasteiger partial charge in [0.05, 0.1) is 5.25 Å². The molecule has 2 N–H and O–H groups in total. The van der Waals surface area contributed by atoms with Crippen molar-refractivity contribution in [2.75, 3.05) is 11.1 Å². The van der Waals surface area contributed by atoms with Gasteiger partial charge < -0.3 is 10.6 Å². The van der Waals surface area contributed by atoms with Gasteiger partial charge in [-0.05, 0) is 37.3 Å². The number of thioether (sulfide) groups is 1. The van der Waals surface area contributed by atoms with Gasteiger partial charge in [-0.1, -0.05) is 18.2 Å². The quantitative estimate of drug-likeness (QED) is 0.878. The fraction of sp³-hybridized carbons (Fsp3) is 0.500. The summed E-state index contributed by atoms with van der Waals surface area (Å²) < 4.78 is 0.